The van der Waals surface area contributed by atoms with Crippen molar-refractivity contribution in [1.29, 1.82) is 0 Å². The molecule has 5 heteroatoms. The number of rotatable bonds is 13. The van der Waals surface area contributed by atoms with Crippen LogP contribution in [0.5, 0.6) is 0 Å². The van der Waals surface area contributed by atoms with E-state index < -0.39 is 6.10 Å². The van der Waals surface area contributed by atoms with Crippen LogP contribution >= 0.6 is 0 Å². The zero-order valence-electron chi connectivity index (χ0n) is 19.5. The molecule has 172 valence electrons. The number of aliphatic hydroxyl groups excluding tert-OH is 2. The fourth-order valence-corrected chi connectivity index (χ4v) is 5.00. The van der Waals surface area contributed by atoms with Gasteiger partial charge in [0.2, 0.25) is 5.91 Å². The van der Waals surface area contributed by atoms with Crippen LogP contribution in [0.1, 0.15) is 65.2 Å². The molecule has 30 heavy (non-hydrogen) atoms. The molecular formula is C25H44N2O3. The highest BCUT2D eigenvalue weighted by Crippen LogP contribution is 2.47. The summed E-state index contributed by atoms with van der Waals surface area (Å²) in [5, 5.41) is 24.3. The Morgan fingerprint density at radius 3 is 2.83 bits per heavy atom. The summed E-state index contributed by atoms with van der Waals surface area (Å²) in [5.41, 5.74) is 1.47. The molecule has 1 fully saturated rings. The van der Waals surface area contributed by atoms with Crippen LogP contribution in [0.15, 0.2) is 23.8 Å². The first-order chi connectivity index (χ1) is 14.3. The summed E-state index contributed by atoms with van der Waals surface area (Å²) in [5.74, 6) is 1.76. The first-order valence-electron chi connectivity index (χ1n) is 12.0. The summed E-state index contributed by atoms with van der Waals surface area (Å²) in [6.45, 7) is 6.02. The van der Waals surface area contributed by atoms with Gasteiger partial charge < -0.3 is 20.4 Å². The molecule has 2 rings (SSSR count). The van der Waals surface area contributed by atoms with Crippen molar-refractivity contribution in [2.24, 2.45) is 23.7 Å². The van der Waals surface area contributed by atoms with E-state index in [1.807, 2.05) is 6.08 Å². The first kappa shape index (κ1) is 25.1. The van der Waals surface area contributed by atoms with Crippen LogP contribution in [0.25, 0.3) is 0 Å². The van der Waals surface area contributed by atoms with Gasteiger partial charge in [0.15, 0.2) is 0 Å². The second kappa shape index (κ2) is 12.6. The SMILES string of the molecule is CCCC[C@H](C)C[C@H](O)/C=C/[C@@H]1C2CC(CCNCCC(=O)N(C)C)=C[C@H]2C[C@H]1O. The van der Waals surface area contributed by atoms with E-state index in [0.717, 1.165) is 38.8 Å². The zero-order valence-corrected chi connectivity index (χ0v) is 19.5. The summed E-state index contributed by atoms with van der Waals surface area (Å²) < 4.78 is 0. The minimum absolute atomic E-state index is 0.148. The maximum absolute atomic E-state index is 11.6. The summed E-state index contributed by atoms with van der Waals surface area (Å²) in [6, 6.07) is 0. The Bertz CT molecular complexity index is 587. The average Bonchev–Trinajstić information content (AvgIpc) is 3.20. The fraction of sp³-hybridized carbons (Fsp3) is 0.800. The van der Waals surface area contributed by atoms with Gasteiger partial charge in [-0.05, 0) is 50.0 Å². The van der Waals surface area contributed by atoms with Crippen LogP contribution < -0.4 is 5.32 Å². The average molecular weight is 421 g/mol. The molecule has 0 heterocycles. The number of carbonyl (C=O) groups is 1. The maximum atomic E-state index is 11.6. The summed E-state index contributed by atoms with van der Waals surface area (Å²) in [7, 11) is 3.57. The number of carbonyl (C=O) groups excluding carboxylic acids is 1. The standard InChI is InChI=1S/C25H44N2O3/c1-5-6-7-18(2)14-21(28)8-9-22-23-16-19(15-20(23)17-24(22)29)10-12-26-13-11-25(30)27(3)4/h8-9,15,18,20-24,26,28-29H,5-7,10-14,16-17H2,1-4H3/b9-8+/t18-,20-,21+,22+,23?,24+/m0/s1. The van der Waals surface area contributed by atoms with Crippen LogP contribution in [0.4, 0.5) is 0 Å². The van der Waals surface area contributed by atoms with E-state index in [1.165, 1.54) is 24.8 Å². The third-order valence-electron chi connectivity index (χ3n) is 6.84. The van der Waals surface area contributed by atoms with E-state index >= 15 is 0 Å². The van der Waals surface area contributed by atoms with Crippen LogP contribution in [-0.4, -0.2) is 60.4 Å². The molecular weight excluding hydrogens is 376 g/mol. The van der Waals surface area contributed by atoms with E-state index in [-0.39, 0.29) is 17.9 Å². The molecule has 5 nitrogen and oxygen atoms in total. The minimum Gasteiger partial charge on any atom is -0.392 e. The lowest BCUT2D eigenvalue weighted by Gasteiger charge is -2.19. The van der Waals surface area contributed by atoms with Gasteiger partial charge in [-0.1, -0.05) is 56.9 Å². The Labute approximate surface area is 183 Å². The summed E-state index contributed by atoms with van der Waals surface area (Å²) >= 11 is 0. The van der Waals surface area contributed by atoms with Crippen molar-refractivity contribution in [3.05, 3.63) is 23.8 Å². The third-order valence-corrected chi connectivity index (χ3v) is 6.84. The number of aliphatic hydroxyl groups is 2. The van der Waals surface area contributed by atoms with Gasteiger partial charge in [0.1, 0.15) is 0 Å². The Kier molecular flexibility index (Phi) is 10.6. The largest absolute Gasteiger partial charge is 0.392 e. The van der Waals surface area contributed by atoms with Crippen molar-refractivity contribution in [2.45, 2.75) is 77.4 Å². The van der Waals surface area contributed by atoms with E-state index in [4.69, 9.17) is 0 Å². The number of nitrogens with zero attached hydrogens (tertiary/aromatic N) is 1. The summed E-state index contributed by atoms with van der Waals surface area (Å²) in [4.78, 5) is 13.2. The molecule has 0 spiro atoms. The smallest absolute Gasteiger partial charge is 0.223 e. The molecule has 1 saturated carbocycles. The molecule has 2 aliphatic carbocycles. The molecule has 0 saturated heterocycles. The first-order valence-corrected chi connectivity index (χ1v) is 12.0. The predicted molar refractivity (Wildman–Crippen MR) is 123 cm³/mol. The number of allylic oxidation sites excluding steroid dienone is 1. The molecule has 6 atom stereocenters. The predicted octanol–water partition coefficient (Wildman–Crippen LogP) is 3.52. The van der Waals surface area contributed by atoms with Gasteiger partial charge in [0.05, 0.1) is 12.2 Å². The van der Waals surface area contributed by atoms with E-state index in [9.17, 15) is 15.0 Å². The van der Waals surface area contributed by atoms with E-state index in [0.29, 0.717) is 24.2 Å². The topological polar surface area (TPSA) is 72.8 Å². The lowest BCUT2D eigenvalue weighted by atomic mass is 9.88. The Balaban J connectivity index is 1.73. The second-order valence-corrected chi connectivity index (χ2v) is 9.71. The van der Waals surface area contributed by atoms with Gasteiger partial charge in [-0.2, -0.15) is 0 Å². The molecule has 2 aliphatic rings. The third kappa shape index (κ3) is 7.82. The van der Waals surface area contributed by atoms with Crippen molar-refractivity contribution in [2.75, 3.05) is 27.2 Å². The van der Waals surface area contributed by atoms with Crippen molar-refractivity contribution in [1.82, 2.24) is 10.2 Å². The monoisotopic (exact) mass is 420 g/mol. The molecule has 0 bridgehead atoms. The number of hydrogen-bond acceptors (Lipinski definition) is 4. The van der Waals surface area contributed by atoms with Crippen LogP contribution in [-0.2, 0) is 4.79 Å². The highest BCUT2D eigenvalue weighted by Gasteiger charge is 2.43. The number of amides is 1. The quantitative estimate of drug-likeness (QED) is 0.315. The highest BCUT2D eigenvalue weighted by atomic mass is 16.3. The number of fused-ring (bicyclic) bond motifs is 1. The van der Waals surface area contributed by atoms with Crippen LogP contribution in [0.3, 0.4) is 0 Å². The van der Waals surface area contributed by atoms with Gasteiger partial charge in [-0.3, -0.25) is 4.79 Å². The van der Waals surface area contributed by atoms with Crippen molar-refractivity contribution >= 4 is 5.91 Å². The molecule has 1 unspecified atom stereocenters. The normalized spacial score (nSPS) is 27.9. The molecule has 0 aromatic carbocycles. The van der Waals surface area contributed by atoms with Crippen molar-refractivity contribution in [3.63, 3.8) is 0 Å². The van der Waals surface area contributed by atoms with Gasteiger partial charge >= 0.3 is 0 Å². The fourth-order valence-electron chi connectivity index (χ4n) is 5.00. The van der Waals surface area contributed by atoms with Crippen molar-refractivity contribution in [3.8, 4) is 0 Å². The molecule has 3 N–H and O–H groups in total. The number of unbranched alkanes of at least 4 members (excludes halogenated alkanes) is 1. The molecule has 0 aliphatic heterocycles. The second-order valence-electron chi connectivity index (χ2n) is 9.71. The Morgan fingerprint density at radius 1 is 1.37 bits per heavy atom. The van der Waals surface area contributed by atoms with Gasteiger partial charge in [-0.25, -0.2) is 0 Å². The van der Waals surface area contributed by atoms with E-state index in [1.54, 1.807) is 19.0 Å². The molecule has 0 radical (unpaired) electrons. The van der Waals surface area contributed by atoms with Gasteiger partial charge in [0.25, 0.3) is 0 Å². The number of nitrogens with one attached hydrogen (secondary N) is 1. The Hall–Kier alpha value is -1.17. The van der Waals surface area contributed by atoms with Gasteiger partial charge in [0, 0.05) is 33.0 Å². The summed E-state index contributed by atoms with van der Waals surface area (Å²) in [6.07, 6.45) is 13.5. The lowest BCUT2D eigenvalue weighted by Crippen LogP contribution is -2.27. The lowest BCUT2D eigenvalue weighted by molar-refractivity contribution is -0.128. The van der Waals surface area contributed by atoms with Crippen LogP contribution in [0, 0.1) is 23.7 Å². The minimum atomic E-state index is -0.411. The van der Waals surface area contributed by atoms with Crippen molar-refractivity contribution < 1.29 is 15.0 Å². The maximum Gasteiger partial charge on any atom is 0.223 e. The number of hydrogen-bond donors (Lipinski definition) is 3. The molecule has 1 amide bonds. The molecule has 0 aromatic heterocycles. The Morgan fingerprint density at radius 2 is 2.13 bits per heavy atom. The van der Waals surface area contributed by atoms with E-state index in [2.05, 4.69) is 31.3 Å². The van der Waals surface area contributed by atoms with Crippen LogP contribution in [0.2, 0.25) is 0 Å². The zero-order chi connectivity index (χ0) is 22.1. The highest BCUT2D eigenvalue weighted by molar-refractivity contribution is 5.75. The van der Waals surface area contributed by atoms with Gasteiger partial charge in [-0.15, -0.1) is 0 Å². The molecule has 0 aromatic rings.